The number of nitrogens with one attached hydrogen (secondary N) is 1. The Bertz CT molecular complexity index is 1780. The van der Waals surface area contributed by atoms with Gasteiger partial charge in [-0.25, -0.2) is 22.6 Å². The highest BCUT2D eigenvalue weighted by Crippen LogP contribution is 2.50. The number of fused-ring (bicyclic) bond motifs is 1. The first-order chi connectivity index (χ1) is 27.7. The average molecular weight is 858 g/mol. The average Bonchev–Trinajstić information content (AvgIpc) is 3.82. The summed E-state index contributed by atoms with van der Waals surface area (Å²) in [5, 5.41) is 16.0. The van der Waals surface area contributed by atoms with Crippen LogP contribution in [0.2, 0.25) is 0 Å². The highest BCUT2D eigenvalue weighted by Gasteiger charge is 2.44. The van der Waals surface area contributed by atoms with E-state index in [9.17, 15) is 27.7 Å². The van der Waals surface area contributed by atoms with Crippen LogP contribution in [0.5, 0.6) is 11.5 Å². The molecule has 2 aromatic carbocycles. The zero-order valence-electron chi connectivity index (χ0n) is 33.6. The van der Waals surface area contributed by atoms with Crippen LogP contribution in [0.4, 0.5) is 4.79 Å². The van der Waals surface area contributed by atoms with E-state index < -0.39 is 66.7 Å². The first-order valence-electron chi connectivity index (χ1n) is 19.4. The molecule has 58 heavy (non-hydrogen) atoms. The van der Waals surface area contributed by atoms with Crippen LogP contribution in [0.25, 0.3) is 0 Å². The van der Waals surface area contributed by atoms with Crippen LogP contribution >= 0.6 is 7.60 Å². The lowest BCUT2D eigenvalue weighted by Crippen LogP contribution is -2.51. The lowest BCUT2D eigenvalue weighted by Gasteiger charge is -2.31. The topological polar surface area (TPSA) is 207 Å². The molecule has 0 saturated carbocycles. The van der Waals surface area contributed by atoms with Gasteiger partial charge in [0.25, 0.3) is 0 Å². The molecule has 18 nitrogen and oxygen atoms in total. The Hall–Kier alpha value is -3.36. The minimum atomic E-state index is -4.08. The Labute approximate surface area is 339 Å². The maximum absolute atomic E-state index is 13.9. The molecule has 0 spiro atoms. The van der Waals surface area contributed by atoms with Gasteiger partial charge in [-0.05, 0) is 74.6 Å². The molecule has 3 heterocycles. The maximum Gasteiger partial charge on any atom is 0.407 e. The van der Waals surface area contributed by atoms with Crippen molar-refractivity contribution in [2.75, 3.05) is 72.7 Å². The van der Waals surface area contributed by atoms with Gasteiger partial charge in [0.1, 0.15) is 17.6 Å². The third kappa shape index (κ3) is 12.8. The second-order valence-corrected chi connectivity index (χ2v) is 18.3. The Morgan fingerprint density at radius 1 is 1.00 bits per heavy atom. The Morgan fingerprint density at radius 3 is 2.34 bits per heavy atom. The van der Waals surface area contributed by atoms with E-state index in [1.165, 1.54) is 35.5 Å². The molecule has 3 aliphatic rings. The molecule has 1 amide bonds. The number of aliphatic hydroxyl groups excluding tert-OH is 1. The number of hydrogen-bond acceptors (Lipinski definition) is 16. The third-order valence-corrected chi connectivity index (χ3v) is 13.0. The quantitative estimate of drug-likeness (QED) is 0.136. The second kappa shape index (κ2) is 21.2. The van der Waals surface area contributed by atoms with Crippen LogP contribution < -0.4 is 14.8 Å². The van der Waals surface area contributed by atoms with Crippen molar-refractivity contribution >= 4 is 29.7 Å². The van der Waals surface area contributed by atoms with Gasteiger partial charge in [-0.3, -0.25) is 9.09 Å². The van der Waals surface area contributed by atoms with Crippen LogP contribution in [0, 0.1) is 11.8 Å². The van der Waals surface area contributed by atoms with E-state index in [4.69, 9.17) is 42.3 Å². The van der Waals surface area contributed by atoms with Gasteiger partial charge < -0.3 is 43.6 Å². The number of rotatable bonds is 21. The molecule has 324 valence electrons. The summed E-state index contributed by atoms with van der Waals surface area (Å²) in [6, 6.07) is 11.5. The molecule has 1 unspecified atom stereocenters. The van der Waals surface area contributed by atoms with Gasteiger partial charge in [0.15, 0.2) is 18.7 Å². The summed E-state index contributed by atoms with van der Waals surface area (Å²) < 4.78 is 92.5. The first kappa shape index (κ1) is 45.7. The van der Waals surface area contributed by atoms with Crippen LogP contribution in [0.1, 0.15) is 39.7 Å². The highest BCUT2D eigenvalue weighted by atomic mass is 32.2. The van der Waals surface area contributed by atoms with Gasteiger partial charge in [-0.15, -0.1) is 0 Å². The molecule has 3 fully saturated rings. The first-order valence-corrected chi connectivity index (χ1v) is 22.6. The SMILES string of the molecule is CCOC(=O)[C@H](C)OP(=O)(COc1ccc(C[C@H](NC(=O)O[C@H]2CO[C@H]3OCC[C@H]32)[C@H](O)CN(CC(C)C)S(=O)(=O)c2ccc(OC)cc2)cc1)ON1CCOCC1. The second-order valence-electron chi connectivity index (χ2n) is 14.5. The summed E-state index contributed by atoms with van der Waals surface area (Å²) >= 11 is 0. The molecule has 2 aromatic rings. The molecule has 20 heteroatoms. The number of benzene rings is 2. The summed E-state index contributed by atoms with van der Waals surface area (Å²) in [6.45, 7) is 8.69. The molecular weight excluding hydrogens is 801 g/mol. The molecule has 7 atom stereocenters. The van der Waals surface area contributed by atoms with Gasteiger partial charge in [0.05, 0.1) is 63.1 Å². The minimum Gasteiger partial charge on any atom is -0.497 e. The van der Waals surface area contributed by atoms with E-state index in [0.717, 1.165) is 0 Å². The predicted octanol–water partition coefficient (Wildman–Crippen LogP) is 3.56. The van der Waals surface area contributed by atoms with Crippen LogP contribution in [-0.4, -0.2) is 138 Å². The largest absolute Gasteiger partial charge is 0.497 e. The van der Waals surface area contributed by atoms with Crippen LogP contribution in [0.15, 0.2) is 53.4 Å². The molecule has 5 rings (SSSR count). The van der Waals surface area contributed by atoms with Gasteiger partial charge in [0, 0.05) is 26.2 Å². The number of amides is 1. The van der Waals surface area contributed by atoms with Gasteiger partial charge in [-0.2, -0.15) is 9.37 Å². The zero-order valence-corrected chi connectivity index (χ0v) is 35.3. The summed E-state index contributed by atoms with van der Waals surface area (Å²) in [4.78, 5) is 25.7. The molecule has 0 aliphatic carbocycles. The number of alkyl carbamates (subject to hydrolysis) is 1. The molecule has 0 bridgehead atoms. The molecular formula is C38H56N3O15PS. The van der Waals surface area contributed by atoms with E-state index >= 15 is 0 Å². The van der Waals surface area contributed by atoms with Gasteiger partial charge >= 0.3 is 19.7 Å². The number of esters is 1. The summed E-state index contributed by atoms with van der Waals surface area (Å²) in [6.07, 6.45) is -4.19. The number of morpholine rings is 1. The number of sulfonamides is 1. The van der Waals surface area contributed by atoms with Crippen LogP contribution in [-0.2, 0) is 58.6 Å². The van der Waals surface area contributed by atoms with Crippen molar-refractivity contribution in [3.8, 4) is 11.5 Å². The monoisotopic (exact) mass is 857 g/mol. The number of nitrogens with zero attached hydrogens (tertiary/aromatic N) is 2. The number of aliphatic hydroxyl groups is 1. The molecule has 0 aromatic heterocycles. The fraction of sp³-hybridized carbons (Fsp3) is 0.632. The fourth-order valence-corrected chi connectivity index (χ4v) is 9.77. The third-order valence-electron chi connectivity index (χ3n) is 9.58. The Balaban J connectivity index is 1.31. The van der Waals surface area contributed by atoms with Crippen molar-refractivity contribution in [2.45, 2.75) is 76.1 Å². The number of methoxy groups -OCH3 is 1. The number of carbonyl (C=O) groups excluding carboxylic acids is 2. The van der Waals surface area contributed by atoms with E-state index in [0.29, 0.717) is 50.6 Å². The molecule has 2 N–H and O–H groups in total. The van der Waals surface area contributed by atoms with E-state index in [1.807, 2.05) is 13.8 Å². The minimum absolute atomic E-state index is 0.0240. The van der Waals surface area contributed by atoms with Gasteiger partial charge in [-0.1, -0.05) is 26.0 Å². The number of hydroxylamine groups is 2. The van der Waals surface area contributed by atoms with E-state index in [1.54, 1.807) is 43.3 Å². The number of carbonyl (C=O) groups is 2. The predicted molar refractivity (Wildman–Crippen MR) is 207 cm³/mol. The molecule has 3 saturated heterocycles. The van der Waals surface area contributed by atoms with Gasteiger partial charge in [0.2, 0.25) is 10.0 Å². The van der Waals surface area contributed by atoms with E-state index in [2.05, 4.69) is 5.32 Å². The van der Waals surface area contributed by atoms with Crippen LogP contribution in [0.3, 0.4) is 0 Å². The number of hydrogen-bond donors (Lipinski definition) is 2. The van der Waals surface area contributed by atoms with Crippen molar-refractivity contribution in [2.24, 2.45) is 11.8 Å². The highest BCUT2D eigenvalue weighted by molar-refractivity contribution is 7.89. The fourth-order valence-electron chi connectivity index (χ4n) is 6.61. The summed E-state index contributed by atoms with van der Waals surface area (Å²) in [7, 11) is -6.66. The standard InChI is InChI=1S/C38H56N3O15PS/c1-6-50-36(43)27(4)55-57(45,56-40-16-19-49-20-17-40)25-53-30-9-7-28(8-10-30)21-33(39-38(44)54-35-24-52-37-32(35)15-18-51-37)34(42)23-41(22-26(2)3)58(46,47)31-13-11-29(48-5)12-14-31/h7-14,26-27,32-35,37,42H,6,15-25H2,1-5H3,(H,39,44)/t27-,32-,33-,34+,35-,37+,57?/m0/s1. The molecule has 0 radical (unpaired) electrons. The summed E-state index contributed by atoms with van der Waals surface area (Å²) in [5.41, 5.74) is 0.638. The van der Waals surface area contributed by atoms with Crippen molar-refractivity contribution in [3.05, 3.63) is 54.1 Å². The van der Waals surface area contributed by atoms with Crippen molar-refractivity contribution < 1.29 is 70.0 Å². The lowest BCUT2D eigenvalue weighted by molar-refractivity contribution is -0.155. The van der Waals surface area contributed by atoms with Crippen molar-refractivity contribution in [3.63, 3.8) is 0 Å². The number of ether oxygens (including phenoxy) is 7. The maximum atomic E-state index is 13.9. The smallest absolute Gasteiger partial charge is 0.407 e. The zero-order chi connectivity index (χ0) is 41.9. The molecule has 3 aliphatic heterocycles. The van der Waals surface area contributed by atoms with Crippen molar-refractivity contribution in [1.82, 2.24) is 14.7 Å². The summed E-state index contributed by atoms with van der Waals surface area (Å²) in [5.74, 6) is -0.142. The Morgan fingerprint density at radius 2 is 1.69 bits per heavy atom. The van der Waals surface area contributed by atoms with E-state index in [-0.39, 0.29) is 55.2 Å². The lowest BCUT2D eigenvalue weighted by atomic mass is 10.0. The van der Waals surface area contributed by atoms with Crippen molar-refractivity contribution in [1.29, 1.82) is 0 Å². The normalized spacial score (nSPS) is 22.4. The Kier molecular flexibility index (Phi) is 16.7.